The number of rotatable bonds is 2. The molecule has 1 rings (SSSR count). The average molecular weight is 171 g/mol. The molecule has 1 fully saturated rings. The van der Waals surface area contributed by atoms with Gasteiger partial charge in [-0.2, -0.15) is 0 Å². The molecule has 0 aromatic rings. The minimum absolute atomic E-state index is 0.352. The largest absolute Gasteiger partial charge is 0.379 e. The molecule has 0 aromatic heterocycles. The monoisotopic (exact) mass is 171 g/mol. The molecule has 0 bridgehead atoms. The Balaban J connectivity index is 2.36. The van der Waals surface area contributed by atoms with E-state index in [1.807, 2.05) is 0 Å². The first-order valence-electron chi connectivity index (χ1n) is 4.83. The van der Waals surface area contributed by atoms with Crippen LogP contribution in [0.1, 0.15) is 34.1 Å². The lowest BCUT2D eigenvalue weighted by atomic mass is 9.85. The quantitative estimate of drug-likeness (QED) is 0.684. The summed E-state index contributed by atoms with van der Waals surface area (Å²) in [6, 6.07) is 1.11. The van der Waals surface area contributed by atoms with Crippen LogP contribution in [0, 0.1) is 5.41 Å². The summed E-state index contributed by atoms with van der Waals surface area (Å²) in [5.41, 5.74) is 0.352. The molecule has 1 N–H and O–H groups in total. The van der Waals surface area contributed by atoms with Gasteiger partial charge in [0.15, 0.2) is 0 Å². The third-order valence-electron chi connectivity index (χ3n) is 2.18. The zero-order valence-corrected chi connectivity index (χ0v) is 8.68. The van der Waals surface area contributed by atoms with Crippen LogP contribution in [-0.2, 0) is 4.74 Å². The molecule has 0 amide bonds. The molecular formula is C10H21NO. The van der Waals surface area contributed by atoms with Crippen LogP contribution < -0.4 is 5.32 Å². The van der Waals surface area contributed by atoms with E-state index in [9.17, 15) is 0 Å². The highest BCUT2D eigenvalue weighted by Crippen LogP contribution is 2.26. The van der Waals surface area contributed by atoms with Gasteiger partial charge in [0.1, 0.15) is 0 Å². The second-order valence-electron chi connectivity index (χ2n) is 4.90. The second-order valence-corrected chi connectivity index (χ2v) is 4.90. The Morgan fingerprint density at radius 3 is 2.58 bits per heavy atom. The van der Waals surface area contributed by atoms with E-state index >= 15 is 0 Å². The molecule has 72 valence electrons. The van der Waals surface area contributed by atoms with Crippen molar-refractivity contribution in [2.45, 2.75) is 46.2 Å². The van der Waals surface area contributed by atoms with Crippen molar-refractivity contribution in [1.29, 1.82) is 0 Å². The highest BCUT2D eigenvalue weighted by Gasteiger charge is 2.28. The summed E-state index contributed by atoms with van der Waals surface area (Å²) in [7, 11) is 0. The molecule has 1 aliphatic rings. The van der Waals surface area contributed by atoms with Gasteiger partial charge in [0.25, 0.3) is 0 Å². The molecule has 2 heteroatoms. The van der Waals surface area contributed by atoms with Crippen molar-refractivity contribution in [2.75, 3.05) is 13.2 Å². The van der Waals surface area contributed by atoms with E-state index in [4.69, 9.17) is 4.74 Å². The van der Waals surface area contributed by atoms with Crippen molar-refractivity contribution in [3.8, 4) is 0 Å². The van der Waals surface area contributed by atoms with Gasteiger partial charge in [0.05, 0.1) is 13.2 Å². The smallest absolute Gasteiger partial charge is 0.0620 e. The maximum Gasteiger partial charge on any atom is 0.0620 e. The molecule has 0 spiro atoms. The highest BCUT2D eigenvalue weighted by atomic mass is 16.5. The third-order valence-corrected chi connectivity index (χ3v) is 2.18. The molecule has 0 aromatic carbocycles. The molecule has 2 nitrogen and oxygen atoms in total. The SMILES string of the molecule is CC(C)NC1COCC(C)(C)C1. The summed E-state index contributed by atoms with van der Waals surface area (Å²) in [5, 5.41) is 3.51. The first-order chi connectivity index (χ1) is 5.49. The topological polar surface area (TPSA) is 21.3 Å². The number of ether oxygens (including phenoxy) is 1. The highest BCUT2D eigenvalue weighted by molar-refractivity contribution is 4.82. The van der Waals surface area contributed by atoms with Gasteiger partial charge in [-0.3, -0.25) is 0 Å². The van der Waals surface area contributed by atoms with E-state index in [-0.39, 0.29) is 0 Å². The van der Waals surface area contributed by atoms with E-state index in [0.717, 1.165) is 13.2 Å². The van der Waals surface area contributed by atoms with Crippen LogP contribution in [0.2, 0.25) is 0 Å². The first-order valence-corrected chi connectivity index (χ1v) is 4.83. The molecular weight excluding hydrogens is 150 g/mol. The van der Waals surface area contributed by atoms with Crippen LogP contribution in [-0.4, -0.2) is 25.3 Å². The van der Waals surface area contributed by atoms with E-state index in [1.54, 1.807) is 0 Å². The lowest BCUT2D eigenvalue weighted by molar-refractivity contribution is -0.0109. The zero-order chi connectivity index (χ0) is 9.19. The van der Waals surface area contributed by atoms with Crippen molar-refractivity contribution in [3.05, 3.63) is 0 Å². The van der Waals surface area contributed by atoms with Crippen molar-refractivity contribution >= 4 is 0 Å². The van der Waals surface area contributed by atoms with E-state index < -0.39 is 0 Å². The van der Waals surface area contributed by atoms with Gasteiger partial charge in [-0.25, -0.2) is 0 Å². The van der Waals surface area contributed by atoms with Crippen molar-refractivity contribution < 1.29 is 4.74 Å². The molecule has 0 saturated carbocycles. The Morgan fingerprint density at radius 2 is 2.08 bits per heavy atom. The van der Waals surface area contributed by atoms with Gasteiger partial charge in [-0.15, -0.1) is 0 Å². The maximum absolute atomic E-state index is 5.54. The summed E-state index contributed by atoms with van der Waals surface area (Å²) in [4.78, 5) is 0. The van der Waals surface area contributed by atoms with Gasteiger partial charge in [-0.1, -0.05) is 27.7 Å². The van der Waals surface area contributed by atoms with Crippen LogP contribution >= 0.6 is 0 Å². The van der Waals surface area contributed by atoms with E-state index in [0.29, 0.717) is 17.5 Å². The molecule has 1 heterocycles. The van der Waals surface area contributed by atoms with Gasteiger partial charge < -0.3 is 10.1 Å². The molecule has 1 saturated heterocycles. The fourth-order valence-corrected chi connectivity index (χ4v) is 1.84. The number of hydrogen-bond acceptors (Lipinski definition) is 2. The van der Waals surface area contributed by atoms with Gasteiger partial charge >= 0.3 is 0 Å². The lowest BCUT2D eigenvalue weighted by Crippen LogP contribution is -2.46. The van der Waals surface area contributed by atoms with E-state index in [2.05, 4.69) is 33.0 Å². The van der Waals surface area contributed by atoms with Gasteiger partial charge in [-0.05, 0) is 11.8 Å². The zero-order valence-electron chi connectivity index (χ0n) is 8.68. The minimum atomic E-state index is 0.352. The predicted octanol–water partition coefficient (Wildman–Crippen LogP) is 1.80. The molecule has 1 aliphatic heterocycles. The van der Waals surface area contributed by atoms with Crippen molar-refractivity contribution in [1.82, 2.24) is 5.32 Å². The van der Waals surface area contributed by atoms with Crippen molar-refractivity contribution in [3.63, 3.8) is 0 Å². The Labute approximate surface area is 75.7 Å². The molecule has 1 unspecified atom stereocenters. The van der Waals surface area contributed by atoms with Crippen LogP contribution in [0.5, 0.6) is 0 Å². The van der Waals surface area contributed by atoms with E-state index in [1.165, 1.54) is 6.42 Å². The fourth-order valence-electron chi connectivity index (χ4n) is 1.84. The van der Waals surface area contributed by atoms with Crippen LogP contribution in [0.25, 0.3) is 0 Å². The molecule has 0 aliphatic carbocycles. The second kappa shape index (κ2) is 3.75. The first kappa shape index (κ1) is 10.0. The predicted molar refractivity (Wildman–Crippen MR) is 51.3 cm³/mol. The standard InChI is InChI=1S/C10H21NO/c1-8(2)11-9-5-10(3,4)7-12-6-9/h8-9,11H,5-7H2,1-4H3. The molecule has 12 heavy (non-hydrogen) atoms. The summed E-state index contributed by atoms with van der Waals surface area (Å²) in [6.07, 6.45) is 1.23. The van der Waals surface area contributed by atoms with Crippen LogP contribution in [0.3, 0.4) is 0 Å². The molecule has 1 atom stereocenters. The minimum Gasteiger partial charge on any atom is -0.379 e. The van der Waals surface area contributed by atoms with Gasteiger partial charge in [0.2, 0.25) is 0 Å². The molecule has 0 radical (unpaired) electrons. The Kier molecular flexibility index (Phi) is 3.13. The third kappa shape index (κ3) is 3.11. The Bertz CT molecular complexity index is 143. The fraction of sp³-hybridized carbons (Fsp3) is 1.00. The summed E-state index contributed by atoms with van der Waals surface area (Å²) in [5.74, 6) is 0. The summed E-state index contributed by atoms with van der Waals surface area (Å²) >= 11 is 0. The maximum atomic E-state index is 5.54. The normalized spacial score (nSPS) is 29.2. The summed E-state index contributed by atoms with van der Waals surface area (Å²) in [6.45, 7) is 10.7. The van der Waals surface area contributed by atoms with Crippen LogP contribution in [0.15, 0.2) is 0 Å². The summed E-state index contributed by atoms with van der Waals surface area (Å²) < 4.78 is 5.54. The Morgan fingerprint density at radius 1 is 1.42 bits per heavy atom. The lowest BCUT2D eigenvalue weighted by Gasteiger charge is -2.36. The van der Waals surface area contributed by atoms with Crippen molar-refractivity contribution in [2.24, 2.45) is 5.41 Å². The van der Waals surface area contributed by atoms with Crippen LogP contribution in [0.4, 0.5) is 0 Å². The number of hydrogen-bond donors (Lipinski definition) is 1. The average Bonchev–Trinajstić information content (AvgIpc) is 1.82. The Hall–Kier alpha value is -0.0800. The van der Waals surface area contributed by atoms with Gasteiger partial charge in [0, 0.05) is 12.1 Å². The number of nitrogens with one attached hydrogen (secondary N) is 1.